The number of azo groups is 1. The van der Waals surface area contributed by atoms with E-state index in [4.69, 9.17) is 9.47 Å². The van der Waals surface area contributed by atoms with E-state index in [2.05, 4.69) is 96.7 Å². The van der Waals surface area contributed by atoms with Crippen molar-refractivity contribution >= 4 is 58.9 Å². The molecule has 1 aliphatic rings. The molecule has 0 saturated heterocycles. The number of rotatable bonds is 25. The Morgan fingerprint density at radius 2 is 1.29 bits per heavy atom. The van der Waals surface area contributed by atoms with Crippen LogP contribution in [-0.2, 0) is 9.47 Å². The van der Waals surface area contributed by atoms with Gasteiger partial charge in [0.2, 0.25) is 11.9 Å². The lowest BCUT2D eigenvalue weighted by Gasteiger charge is -2.29. The number of nitro benzene ring substituents is 1. The zero-order valence-corrected chi connectivity index (χ0v) is 42.5. The Kier molecular flexibility index (Phi) is 21.7. The standard InChI is InChI=1S/C49H70N14O9/c1-32(18-20-50-44(65)58-42-54-34(3)26-35(4)55-42)28-48(6,7)30-52-46(67)71-24-22-62(39-14-10-37(11-15-39)60-61-38-12-16-40(17-13-38)63(69)70)23-25-72-47(68)53-31-49(8,9)29-33(2)19-21-51-45(66)59-43-56-36(5)27-41(64)57-43/h10-17,26-27,32-33H,3,18-25,28-31H2,1-2,4-9H3,(H,52,67)(H,53,68)(H3,50,54,55,58,65)(H3,51,56,57,59,64,66). The van der Waals surface area contributed by atoms with Crippen molar-refractivity contribution in [3.8, 4) is 0 Å². The van der Waals surface area contributed by atoms with Crippen LogP contribution in [0.2, 0.25) is 0 Å². The number of non-ortho nitro benzene ring substituents is 1. The maximum atomic E-state index is 12.9. The number of allylic oxidation sites excluding steroid dienone is 2. The number of hydrogen-bond donors (Lipinski definition) is 8. The van der Waals surface area contributed by atoms with E-state index in [-0.39, 0.29) is 72.2 Å². The zero-order chi connectivity index (χ0) is 52.8. The number of aryl methyl sites for hydroxylation is 1. The molecule has 23 heteroatoms. The molecule has 3 aromatic rings. The quantitative estimate of drug-likeness (QED) is 0.0227. The molecule has 0 radical (unpaired) electrons. The number of aromatic amines is 1. The van der Waals surface area contributed by atoms with E-state index in [9.17, 15) is 34.1 Å². The number of anilines is 2. The van der Waals surface area contributed by atoms with Crippen molar-refractivity contribution in [3.05, 3.63) is 105 Å². The largest absolute Gasteiger partial charge is 0.448 e. The highest BCUT2D eigenvalue weighted by Crippen LogP contribution is 2.28. The summed E-state index contributed by atoms with van der Waals surface area (Å²) >= 11 is 0. The SMILES string of the molecule is C=C1C=C(C)N=C(NC(=O)NCCC(C)CC(C)(C)CNC(=O)OCCN(CCOC(=O)NCC(C)(C)CC(C)CCNC(=O)Nc2nc(C)cc(=O)[nH]2)c2ccc(N=Nc3ccc([N+](=O)[O-])cc3)cc2)N1. The lowest BCUT2D eigenvalue weighted by atomic mass is 9.82. The van der Waals surface area contributed by atoms with Crippen LogP contribution in [0.1, 0.15) is 79.8 Å². The topological polar surface area (TPSA) is 300 Å². The van der Waals surface area contributed by atoms with Crippen molar-refractivity contribution in [2.45, 2.75) is 81.1 Å². The molecule has 1 aliphatic heterocycles. The summed E-state index contributed by atoms with van der Waals surface area (Å²) in [7, 11) is 0. The van der Waals surface area contributed by atoms with Crippen LogP contribution in [0.3, 0.4) is 0 Å². The van der Waals surface area contributed by atoms with Crippen LogP contribution in [0.15, 0.2) is 98.7 Å². The number of aliphatic imine (C=N–C) groups is 1. The molecule has 0 spiro atoms. The van der Waals surface area contributed by atoms with Gasteiger partial charge < -0.3 is 41.0 Å². The summed E-state index contributed by atoms with van der Waals surface area (Å²) < 4.78 is 11.2. The minimum atomic E-state index is -0.587. The first-order valence-electron chi connectivity index (χ1n) is 23.8. The number of benzene rings is 2. The molecule has 0 saturated carbocycles. The van der Waals surface area contributed by atoms with Gasteiger partial charge in [-0.1, -0.05) is 48.1 Å². The Balaban J connectivity index is 1.23. The second-order valence-electron chi connectivity index (χ2n) is 19.4. The summed E-state index contributed by atoms with van der Waals surface area (Å²) in [5.74, 6) is 0.814. The number of nitro groups is 1. The second-order valence-corrected chi connectivity index (χ2v) is 19.4. The number of ether oxygens (including phenoxy) is 2. The van der Waals surface area contributed by atoms with Crippen LogP contribution in [0.4, 0.5) is 47.9 Å². The molecule has 8 N–H and O–H groups in total. The Labute approximate surface area is 419 Å². The molecule has 4 rings (SSSR count). The Bertz CT molecular complexity index is 2490. The van der Waals surface area contributed by atoms with E-state index in [1.165, 1.54) is 30.3 Å². The summed E-state index contributed by atoms with van der Waals surface area (Å²) in [6, 6.07) is 13.3. The van der Waals surface area contributed by atoms with Gasteiger partial charge in [-0.3, -0.25) is 30.5 Å². The third-order valence-corrected chi connectivity index (χ3v) is 11.1. The molecule has 2 heterocycles. The second kappa shape index (κ2) is 27.5. The van der Waals surface area contributed by atoms with Crippen LogP contribution in [0, 0.1) is 39.7 Å². The van der Waals surface area contributed by atoms with Crippen molar-refractivity contribution < 1.29 is 33.6 Å². The highest BCUT2D eigenvalue weighted by molar-refractivity contribution is 5.98. The van der Waals surface area contributed by atoms with Crippen molar-refractivity contribution in [2.24, 2.45) is 37.9 Å². The molecule has 2 aromatic carbocycles. The predicted molar refractivity (Wildman–Crippen MR) is 276 cm³/mol. The molecule has 0 bridgehead atoms. The molecule has 2 atom stereocenters. The number of hydrogen-bond acceptors (Lipinski definition) is 15. The van der Waals surface area contributed by atoms with Crippen molar-refractivity contribution in [1.82, 2.24) is 41.9 Å². The number of aromatic nitrogens is 2. The summed E-state index contributed by atoms with van der Waals surface area (Å²) in [6.07, 6.45) is 3.52. The molecule has 6 amide bonds. The van der Waals surface area contributed by atoms with Crippen LogP contribution in [-0.4, -0.2) is 97.6 Å². The lowest BCUT2D eigenvalue weighted by Crippen LogP contribution is -2.46. The number of nitrogens with zero attached hydrogens (tertiary/aromatic N) is 6. The van der Waals surface area contributed by atoms with E-state index in [1.807, 2.05) is 37.8 Å². The maximum Gasteiger partial charge on any atom is 0.407 e. The van der Waals surface area contributed by atoms with Gasteiger partial charge in [0.1, 0.15) is 13.2 Å². The fraction of sp³-hybridized carbons (Fsp3) is 0.490. The van der Waals surface area contributed by atoms with Crippen molar-refractivity contribution in [1.29, 1.82) is 0 Å². The first-order valence-corrected chi connectivity index (χ1v) is 23.8. The number of amides is 6. The average Bonchev–Trinajstić information content (AvgIpc) is 3.28. The first-order chi connectivity index (χ1) is 34.0. The Morgan fingerprint density at radius 1 is 0.792 bits per heavy atom. The zero-order valence-electron chi connectivity index (χ0n) is 42.5. The van der Waals surface area contributed by atoms with Gasteiger partial charge in [0.15, 0.2) is 0 Å². The van der Waals surface area contributed by atoms with Gasteiger partial charge in [-0.25, -0.2) is 29.2 Å². The molecule has 2 unspecified atom stereocenters. The smallest absolute Gasteiger partial charge is 0.407 e. The van der Waals surface area contributed by atoms with Crippen LogP contribution < -0.4 is 47.7 Å². The number of urea groups is 2. The highest BCUT2D eigenvalue weighted by atomic mass is 16.6. The first kappa shape index (κ1) is 56.7. The fourth-order valence-electron chi connectivity index (χ4n) is 7.86. The van der Waals surface area contributed by atoms with Gasteiger partial charge in [-0.05, 0) is 105 Å². The number of carbonyl (C=O) groups is 4. The lowest BCUT2D eigenvalue weighted by molar-refractivity contribution is -0.384. The highest BCUT2D eigenvalue weighted by Gasteiger charge is 2.24. The minimum absolute atomic E-state index is 0.0165. The van der Waals surface area contributed by atoms with E-state index in [1.54, 1.807) is 25.1 Å². The number of carbonyl (C=O) groups excluding carboxylic acids is 4. The normalized spacial score (nSPS) is 13.4. The number of alkyl carbamates (subject to hydrolysis) is 2. The molecule has 390 valence electrons. The predicted octanol–water partition coefficient (Wildman–Crippen LogP) is 8.04. The molecule has 0 aliphatic carbocycles. The maximum absolute atomic E-state index is 12.9. The summed E-state index contributed by atoms with van der Waals surface area (Å²) in [5, 5.41) is 38.9. The Morgan fingerprint density at radius 3 is 1.78 bits per heavy atom. The van der Waals surface area contributed by atoms with E-state index in [0.29, 0.717) is 61.3 Å². The molecular weight excluding hydrogens is 929 g/mol. The number of guanidine groups is 1. The van der Waals surface area contributed by atoms with Gasteiger partial charge in [0.05, 0.1) is 29.4 Å². The number of nitrogens with one attached hydrogen (secondary N) is 8. The van der Waals surface area contributed by atoms with Crippen LogP contribution in [0.25, 0.3) is 0 Å². The molecule has 23 nitrogen and oxygen atoms in total. The van der Waals surface area contributed by atoms with Gasteiger partial charge in [0.25, 0.3) is 11.2 Å². The third kappa shape index (κ3) is 21.8. The Hall–Kier alpha value is -7.85. The molecule has 0 fully saturated rings. The monoisotopic (exact) mass is 999 g/mol. The summed E-state index contributed by atoms with van der Waals surface area (Å²) in [4.78, 5) is 85.5. The minimum Gasteiger partial charge on any atom is -0.448 e. The molecular formula is C49H70N14O9. The van der Waals surface area contributed by atoms with Crippen LogP contribution in [0.5, 0.6) is 0 Å². The van der Waals surface area contributed by atoms with Crippen molar-refractivity contribution in [3.63, 3.8) is 0 Å². The summed E-state index contributed by atoms with van der Waals surface area (Å²) in [6.45, 7) is 21.8. The molecule has 72 heavy (non-hydrogen) atoms. The van der Waals surface area contributed by atoms with Gasteiger partial charge in [-0.15, -0.1) is 0 Å². The summed E-state index contributed by atoms with van der Waals surface area (Å²) in [5.41, 5.74) is 2.57. The number of H-pyrrole nitrogens is 1. The third-order valence-electron chi connectivity index (χ3n) is 11.1. The van der Waals surface area contributed by atoms with Crippen molar-refractivity contribution in [2.75, 3.05) is 62.7 Å². The van der Waals surface area contributed by atoms with E-state index in [0.717, 1.165) is 30.6 Å². The van der Waals surface area contributed by atoms with E-state index < -0.39 is 23.1 Å². The average molecular weight is 999 g/mol. The van der Waals surface area contributed by atoms with Crippen LogP contribution >= 0.6 is 0 Å². The van der Waals surface area contributed by atoms with Gasteiger partial charge >= 0.3 is 24.2 Å². The van der Waals surface area contributed by atoms with Gasteiger partial charge in [-0.2, -0.15) is 10.2 Å². The molecule has 1 aromatic heterocycles. The van der Waals surface area contributed by atoms with Gasteiger partial charge in [0, 0.05) is 67.2 Å². The fourth-order valence-corrected chi connectivity index (χ4v) is 7.86. The van der Waals surface area contributed by atoms with E-state index >= 15 is 0 Å².